The van der Waals surface area contributed by atoms with Crippen molar-refractivity contribution in [3.8, 4) is 22.8 Å². The van der Waals surface area contributed by atoms with Gasteiger partial charge >= 0.3 is 0 Å². The van der Waals surface area contributed by atoms with Crippen LogP contribution in [0.1, 0.15) is 17.4 Å². The zero-order valence-electron chi connectivity index (χ0n) is 11.0. The van der Waals surface area contributed by atoms with Gasteiger partial charge in [0, 0.05) is 18.1 Å². The Bertz CT molecular complexity index is 730. The van der Waals surface area contributed by atoms with Crippen LogP contribution in [-0.2, 0) is 0 Å². The van der Waals surface area contributed by atoms with E-state index in [9.17, 15) is 4.79 Å². The molecule has 0 fully saturated rings. The number of ketones is 1. The van der Waals surface area contributed by atoms with E-state index in [4.69, 9.17) is 4.42 Å². The Labute approximate surface area is 116 Å². The van der Waals surface area contributed by atoms with Gasteiger partial charge in [-0.2, -0.15) is 0 Å². The molecule has 3 aromatic rings. The summed E-state index contributed by atoms with van der Waals surface area (Å²) in [7, 11) is 0. The molecule has 0 aliphatic carbocycles. The largest absolute Gasteiger partial charge is 0.435 e. The van der Waals surface area contributed by atoms with E-state index in [0.29, 0.717) is 17.3 Å². The lowest BCUT2D eigenvalue weighted by atomic mass is 10.1. The molecule has 3 heteroatoms. The highest BCUT2D eigenvalue weighted by atomic mass is 16.4. The van der Waals surface area contributed by atoms with E-state index in [0.717, 1.165) is 11.1 Å². The number of carbonyl (C=O) groups excluding carboxylic acids is 1. The molecule has 0 atom stereocenters. The highest BCUT2D eigenvalue weighted by Gasteiger charge is 2.19. The summed E-state index contributed by atoms with van der Waals surface area (Å²) in [5.74, 6) is 0.890. The van der Waals surface area contributed by atoms with Crippen molar-refractivity contribution >= 4 is 5.78 Å². The predicted octanol–water partition coefficient (Wildman–Crippen LogP) is 4.21. The van der Waals surface area contributed by atoms with Crippen molar-refractivity contribution in [2.24, 2.45) is 0 Å². The van der Waals surface area contributed by atoms with E-state index in [1.807, 2.05) is 60.7 Å². The van der Waals surface area contributed by atoms with Gasteiger partial charge in [0.25, 0.3) is 0 Å². The summed E-state index contributed by atoms with van der Waals surface area (Å²) in [5.41, 5.74) is 2.08. The van der Waals surface area contributed by atoms with Crippen LogP contribution in [0, 0.1) is 0 Å². The monoisotopic (exact) mass is 263 g/mol. The summed E-state index contributed by atoms with van der Waals surface area (Å²) in [6.45, 7) is 1.50. The first-order chi connectivity index (χ1) is 9.75. The maximum atomic E-state index is 11.8. The second kappa shape index (κ2) is 5.13. The normalized spacial score (nSPS) is 10.4. The molecule has 3 rings (SSSR count). The number of benzene rings is 2. The fourth-order valence-corrected chi connectivity index (χ4v) is 2.05. The Hall–Kier alpha value is -2.68. The van der Waals surface area contributed by atoms with Gasteiger partial charge in [-0.3, -0.25) is 4.79 Å². The smallest absolute Gasteiger partial charge is 0.227 e. The van der Waals surface area contributed by atoms with Crippen LogP contribution in [-0.4, -0.2) is 10.8 Å². The SMILES string of the molecule is CC(=O)c1nc(-c2ccccc2)oc1-c1ccccc1. The van der Waals surface area contributed by atoms with Crippen LogP contribution < -0.4 is 0 Å². The third-order valence-corrected chi connectivity index (χ3v) is 3.02. The van der Waals surface area contributed by atoms with Gasteiger partial charge in [0.1, 0.15) is 0 Å². The highest BCUT2D eigenvalue weighted by Crippen LogP contribution is 2.29. The molecule has 0 spiro atoms. The third-order valence-electron chi connectivity index (χ3n) is 3.02. The number of Topliss-reactive ketones (excluding diaryl/α,β-unsaturated/α-hetero) is 1. The van der Waals surface area contributed by atoms with Crippen LogP contribution in [0.25, 0.3) is 22.8 Å². The van der Waals surface area contributed by atoms with Gasteiger partial charge in [-0.25, -0.2) is 4.98 Å². The summed E-state index contributed by atoms with van der Waals surface area (Å²) in [6.07, 6.45) is 0. The molecule has 1 heterocycles. The van der Waals surface area contributed by atoms with Crippen LogP contribution in [0.2, 0.25) is 0 Å². The molecule has 0 aliphatic heterocycles. The van der Waals surface area contributed by atoms with Crippen LogP contribution in [0.5, 0.6) is 0 Å². The lowest BCUT2D eigenvalue weighted by Crippen LogP contribution is -1.94. The fraction of sp³-hybridized carbons (Fsp3) is 0.0588. The summed E-state index contributed by atoms with van der Waals surface area (Å²) in [5, 5.41) is 0. The first-order valence-corrected chi connectivity index (χ1v) is 6.38. The number of rotatable bonds is 3. The zero-order chi connectivity index (χ0) is 13.9. The van der Waals surface area contributed by atoms with E-state index in [1.165, 1.54) is 6.92 Å². The minimum atomic E-state index is -0.102. The van der Waals surface area contributed by atoms with Gasteiger partial charge < -0.3 is 4.42 Å². The van der Waals surface area contributed by atoms with Gasteiger partial charge in [-0.15, -0.1) is 0 Å². The topological polar surface area (TPSA) is 43.1 Å². The molecule has 1 aromatic heterocycles. The van der Waals surface area contributed by atoms with Crippen molar-refractivity contribution in [3.63, 3.8) is 0 Å². The van der Waals surface area contributed by atoms with Crippen LogP contribution in [0.4, 0.5) is 0 Å². The standard InChI is InChI=1S/C17H13NO2/c1-12(19)15-16(13-8-4-2-5-9-13)20-17(18-15)14-10-6-3-7-11-14/h2-11H,1H3. The maximum absolute atomic E-state index is 11.8. The van der Waals surface area contributed by atoms with Crippen LogP contribution in [0.15, 0.2) is 65.1 Å². The Balaban J connectivity index is 2.15. The lowest BCUT2D eigenvalue weighted by molar-refractivity contribution is 0.101. The van der Waals surface area contributed by atoms with Gasteiger partial charge in [0.2, 0.25) is 5.89 Å². The van der Waals surface area contributed by atoms with Gasteiger partial charge in [-0.1, -0.05) is 48.5 Å². The average molecular weight is 263 g/mol. The molecule has 0 saturated carbocycles. The van der Waals surface area contributed by atoms with Gasteiger partial charge in [0.05, 0.1) is 0 Å². The molecular formula is C17H13NO2. The van der Waals surface area contributed by atoms with Crippen molar-refractivity contribution in [3.05, 3.63) is 66.4 Å². The van der Waals surface area contributed by atoms with Gasteiger partial charge in [-0.05, 0) is 12.1 Å². The summed E-state index contributed by atoms with van der Waals surface area (Å²) in [6, 6.07) is 19.1. The summed E-state index contributed by atoms with van der Waals surface area (Å²) in [4.78, 5) is 16.1. The molecule has 0 N–H and O–H groups in total. The van der Waals surface area contributed by atoms with Gasteiger partial charge in [0.15, 0.2) is 17.2 Å². The summed E-state index contributed by atoms with van der Waals surface area (Å²) < 4.78 is 5.82. The van der Waals surface area contributed by atoms with E-state index in [-0.39, 0.29) is 5.78 Å². The number of aromatic nitrogens is 1. The van der Waals surface area contributed by atoms with Crippen molar-refractivity contribution < 1.29 is 9.21 Å². The Kier molecular flexibility index (Phi) is 3.17. The Morgan fingerprint density at radius 1 is 0.900 bits per heavy atom. The fourth-order valence-electron chi connectivity index (χ4n) is 2.05. The molecule has 0 aliphatic rings. The molecular weight excluding hydrogens is 250 g/mol. The van der Waals surface area contributed by atoms with Crippen molar-refractivity contribution in [1.29, 1.82) is 0 Å². The highest BCUT2D eigenvalue weighted by molar-refractivity contribution is 5.98. The Morgan fingerprint density at radius 2 is 1.45 bits per heavy atom. The van der Waals surface area contributed by atoms with Crippen molar-refractivity contribution in [1.82, 2.24) is 4.98 Å². The molecule has 0 saturated heterocycles. The minimum Gasteiger partial charge on any atom is -0.435 e. The molecule has 98 valence electrons. The van der Waals surface area contributed by atoms with E-state index < -0.39 is 0 Å². The molecule has 0 unspecified atom stereocenters. The number of hydrogen-bond acceptors (Lipinski definition) is 3. The van der Waals surface area contributed by atoms with Crippen molar-refractivity contribution in [2.75, 3.05) is 0 Å². The number of oxazole rings is 1. The third kappa shape index (κ3) is 2.26. The first-order valence-electron chi connectivity index (χ1n) is 6.38. The molecule has 2 aromatic carbocycles. The number of nitrogens with zero attached hydrogens (tertiary/aromatic N) is 1. The number of hydrogen-bond donors (Lipinski definition) is 0. The first kappa shape index (κ1) is 12.4. The Morgan fingerprint density at radius 3 is 2.00 bits per heavy atom. The quantitative estimate of drug-likeness (QED) is 0.665. The average Bonchev–Trinajstić information content (AvgIpc) is 2.94. The minimum absolute atomic E-state index is 0.102. The van der Waals surface area contributed by atoms with Crippen LogP contribution in [0.3, 0.4) is 0 Å². The zero-order valence-corrected chi connectivity index (χ0v) is 11.0. The van der Waals surface area contributed by atoms with E-state index in [1.54, 1.807) is 0 Å². The second-order valence-electron chi connectivity index (χ2n) is 4.48. The van der Waals surface area contributed by atoms with E-state index >= 15 is 0 Å². The van der Waals surface area contributed by atoms with E-state index in [2.05, 4.69) is 4.98 Å². The van der Waals surface area contributed by atoms with Crippen molar-refractivity contribution in [2.45, 2.75) is 6.92 Å². The molecule has 3 nitrogen and oxygen atoms in total. The molecule has 0 amide bonds. The second-order valence-corrected chi connectivity index (χ2v) is 4.48. The maximum Gasteiger partial charge on any atom is 0.227 e. The summed E-state index contributed by atoms with van der Waals surface area (Å²) >= 11 is 0. The molecule has 0 radical (unpaired) electrons. The molecule has 0 bridgehead atoms. The predicted molar refractivity (Wildman–Crippen MR) is 77.4 cm³/mol. The lowest BCUT2D eigenvalue weighted by Gasteiger charge is -1.97. The number of carbonyl (C=O) groups is 1. The van der Waals surface area contributed by atoms with Crippen LogP contribution >= 0.6 is 0 Å². The molecule has 20 heavy (non-hydrogen) atoms.